The zero-order chi connectivity index (χ0) is 19.9. The number of hydrogen-bond donors (Lipinski definition) is 1. The van der Waals surface area contributed by atoms with Crippen LogP contribution in [0, 0.1) is 11.3 Å². The van der Waals surface area contributed by atoms with Gasteiger partial charge in [0.05, 0.1) is 37.6 Å². The number of carbonyl (C=O) groups is 1. The summed E-state index contributed by atoms with van der Waals surface area (Å²) in [5.74, 6) is 1.35. The third-order valence-corrected chi connectivity index (χ3v) is 5.60. The van der Waals surface area contributed by atoms with Crippen molar-refractivity contribution in [1.82, 2.24) is 0 Å². The second kappa shape index (κ2) is 6.97. The molecule has 5 nitrogen and oxygen atoms in total. The molecular weight excluding hydrogens is 352 g/mol. The fourth-order valence-electron chi connectivity index (χ4n) is 4.36. The van der Waals surface area contributed by atoms with Crippen LogP contribution in [0.25, 0.3) is 0 Å². The van der Waals surface area contributed by atoms with Crippen molar-refractivity contribution in [3.05, 3.63) is 48.0 Å². The predicted octanol–water partition coefficient (Wildman–Crippen LogP) is 4.95. The molecule has 1 heterocycles. The van der Waals surface area contributed by atoms with Crippen LogP contribution >= 0.6 is 0 Å². The van der Waals surface area contributed by atoms with E-state index in [9.17, 15) is 4.79 Å². The van der Waals surface area contributed by atoms with Crippen LogP contribution in [-0.2, 0) is 4.79 Å². The van der Waals surface area contributed by atoms with Crippen LogP contribution in [0.1, 0.15) is 38.3 Å². The number of aliphatic imine (C=N–C) groups is 1. The molecule has 2 aromatic carbocycles. The molecular formula is C23H26N2O3. The van der Waals surface area contributed by atoms with Gasteiger partial charge in [0.1, 0.15) is 17.3 Å². The summed E-state index contributed by atoms with van der Waals surface area (Å²) < 4.78 is 11.1. The van der Waals surface area contributed by atoms with Gasteiger partial charge in [-0.1, -0.05) is 26.0 Å². The number of Topliss-reactive ketones (excluding diaryl/α,β-unsaturated/α-hetero) is 1. The zero-order valence-corrected chi connectivity index (χ0v) is 16.8. The number of para-hydroxylation sites is 2. The molecule has 0 saturated heterocycles. The normalized spacial score (nSPS) is 22.9. The van der Waals surface area contributed by atoms with Crippen molar-refractivity contribution >= 4 is 22.9 Å². The minimum atomic E-state index is -0.332. The molecule has 0 aromatic heterocycles. The van der Waals surface area contributed by atoms with Crippen LogP contribution in [0.5, 0.6) is 11.5 Å². The molecule has 4 rings (SSSR count). The number of methoxy groups -OCH3 is 2. The third kappa shape index (κ3) is 3.26. The Bertz CT molecular complexity index is 949. The lowest BCUT2D eigenvalue weighted by atomic mass is 9.68. The molecule has 0 radical (unpaired) electrons. The summed E-state index contributed by atoms with van der Waals surface area (Å²) in [7, 11) is 3.29. The van der Waals surface area contributed by atoms with E-state index in [0.717, 1.165) is 40.6 Å². The molecule has 2 aliphatic rings. The lowest BCUT2D eigenvalue weighted by Crippen LogP contribution is -2.42. The van der Waals surface area contributed by atoms with Crippen molar-refractivity contribution in [2.45, 2.75) is 32.7 Å². The smallest absolute Gasteiger partial charge is 0.144 e. The monoisotopic (exact) mass is 378 g/mol. The molecule has 1 aliphatic heterocycles. The maximum Gasteiger partial charge on any atom is 0.144 e. The van der Waals surface area contributed by atoms with Gasteiger partial charge in [-0.2, -0.15) is 0 Å². The van der Waals surface area contributed by atoms with Crippen LogP contribution in [0.2, 0.25) is 0 Å². The maximum atomic E-state index is 13.3. The number of ketones is 1. The van der Waals surface area contributed by atoms with Crippen LogP contribution in [0.15, 0.2) is 47.5 Å². The number of anilines is 1. The summed E-state index contributed by atoms with van der Waals surface area (Å²) in [5, 5.41) is 3.59. The standard InChI is InChI=1S/C23H26N2O3/c1-23(2)12-18-21(19(26)13-23)22(25-17-8-6-5-7-16(17)24-18)15-11-14(27-3)9-10-20(15)28-4/h5-11,21-22,25H,12-13H2,1-4H3. The molecule has 1 fully saturated rings. The number of fused-ring (bicyclic) bond motifs is 2. The fraction of sp³-hybridized carbons (Fsp3) is 0.391. The molecule has 2 unspecified atom stereocenters. The zero-order valence-electron chi connectivity index (χ0n) is 16.8. The topological polar surface area (TPSA) is 59.9 Å². The minimum Gasteiger partial charge on any atom is -0.497 e. The van der Waals surface area contributed by atoms with Gasteiger partial charge in [-0.15, -0.1) is 0 Å². The van der Waals surface area contributed by atoms with Gasteiger partial charge < -0.3 is 14.8 Å². The highest BCUT2D eigenvalue weighted by molar-refractivity contribution is 6.10. The largest absolute Gasteiger partial charge is 0.497 e. The Morgan fingerprint density at radius 2 is 1.86 bits per heavy atom. The van der Waals surface area contributed by atoms with Crippen molar-refractivity contribution < 1.29 is 14.3 Å². The van der Waals surface area contributed by atoms with Crippen molar-refractivity contribution in [2.75, 3.05) is 19.5 Å². The van der Waals surface area contributed by atoms with E-state index in [2.05, 4.69) is 19.2 Å². The second-order valence-corrected chi connectivity index (χ2v) is 8.31. The summed E-state index contributed by atoms with van der Waals surface area (Å²) in [4.78, 5) is 18.2. The van der Waals surface area contributed by atoms with Gasteiger partial charge in [-0.05, 0) is 42.2 Å². The molecule has 1 N–H and O–H groups in total. The van der Waals surface area contributed by atoms with Gasteiger partial charge in [-0.25, -0.2) is 0 Å². The van der Waals surface area contributed by atoms with Gasteiger partial charge in [0.2, 0.25) is 0 Å². The van der Waals surface area contributed by atoms with Gasteiger partial charge in [0, 0.05) is 17.7 Å². The molecule has 0 amide bonds. The van der Waals surface area contributed by atoms with Crippen molar-refractivity contribution in [1.29, 1.82) is 0 Å². The van der Waals surface area contributed by atoms with E-state index in [1.807, 2.05) is 42.5 Å². The fourth-order valence-corrected chi connectivity index (χ4v) is 4.36. The maximum absolute atomic E-state index is 13.3. The first-order chi connectivity index (χ1) is 13.4. The number of nitrogens with zero attached hydrogens (tertiary/aromatic N) is 1. The number of hydrogen-bond acceptors (Lipinski definition) is 5. The van der Waals surface area contributed by atoms with E-state index < -0.39 is 0 Å². The van der Waals surface area contributed by atoms with Gasteiger partial charge >= 0.3 is 0 Å². The number of ether oxygens (including phenoxy) is 2. The average molecular weight is 378 g/mol. The Morgan fingerprint density at radius 3 is 2.61 bits per heavy atom. The Morgan fingerprint density at radius 1 is 1.07 bits per heavy atom. The molecule has 2 atom stereocenters. The minimum absolute atomic E-state index is 0.0886. The van der Waals surface area contributed by atoms with Crippen molar-refractivity contribution in [3.63, 3.8) is 0 Å². The van der Waals surface area contributed by atoms with Gasteiger partial charge in [-0.3, -0.25) is 9.79 Å². The van der Waals surface area contributed by atoms with Gasteiger partial charge in [0.25, 0.3) is 0 Å². The average Bonchev–Trinajstić information content (AvgIpc) is 2.82. The summed E-state index contributed by atoms with van der Waals surface area (Å²) in [6, 6.07) is 13.4. The number of rotatable bonds is 3. The first kappa shape index (κ1) is 18.5. The number of carbonyl (C=O) groups excluding carboxylic acids is 1. The Kier molecular flexibility index (Phi) is 4.61. The van der Waals surface area contributed by atoms with Crippen molar-refractivity contribution in [3.8, 4) is 11.5 Å². The first-order valence-electron chi connectivity index (χ1n) is 9.59. The molecule has 0 spiro atoms. The van der Waals surface area contributed by atoms with Crippen LogP contribution < -0.4 is 14.8 Å². The molecule has 1 saturated carbocycles. The number of benzene rings is 2. The quantitative estimate of drug-likeness (QED) is 0.821. The lowest BCUT2D eigenvalue weighted by Gasteiger charge is -2.37. The van der Waals surface area contributed by atoms with E-state index in [-0.39, 0.29) is 23.2 Å². The van der Waals surface area contributed by atoms with Crippen molar-refractivity contribution in [2.24, 2.45) is 16.3 Å². The Hall–Kier alpha value is -2.82. The van der Waals surface area contributed by atoms with E-state index in [1.165, 1.54) is 0 Å². The highest BCUT2D eigenvalue weighted by Crippen LogP contribution is 2.46. The van der Waals surface area contributed by atoms with E-state index in [1.54, 1.807) is 14.2 Å². The molecule has 1 aliphatic carbocycles. The predicted molar refractivity (Wildman–Crippen MR) is 111 cm³/mol. The molecule has 5 heteroatoms. The summed E-state index contributed by atoms with van der Waals surface area (Å²) in [6.45, 7) is 4.27. The third-order valence-electron chi connectivity index (χ3n) is 5.60. The second-order valence-electron chi connectivity index (χ2n) is 8.31. The van der Waals surface area contributed by atoms with Crippen LogP contribution in [0.4, 0.5) is 11.4 Å². The summed E-state index contributed by atoms with van der Waals surface area (Å²) >= 11 is 0. The first-order valence-corrected chi connectivity index (χ1v) is 9.59. The number of nitrogens with one attached hydrogen (secondary N) is 1. The van der Waals surface area contributed by atoms with Crippen LogP contribution in [0.3, 0.4) is 0 Å². The van der Waals surface area contributed by atoms with Crippen LogP contribution in [-0.4, -0.2) is 25.7 Å². The molecule has 28 heavy (non-hydrogen) atoms. The SMILES string of the molecule is COc1ccc(OC)c(C2Nc3ccccc3N=C3CC(C)(C)CC(=O)C32)c1. The Balaban J connectivity index is 1.90. The molecule has 0 bridgehead atoms. The highest BCUT2D eigenvalue weighted by atomic mass is 16.5. The van der Waals surface area contributed by atoms with Gasteiger partial charge in [0.15, 0.2) is 0 Å². The van der Waals surface area contributed by atoms with E-state index in [0.29, 0.717) is 6.42 Å². The van der Waals surface area contributed by atoms with E-state index >= 15 is 0 Å². The summed E-state index contributed by atoms with van der Waals surface area (Å²) in [5.41, 5.74) is 3.55. The molecule has 2 aromatic rings. The summed E-state index contributed by atoms with van der Waals surface area (Å²) in [6.07, 6.45) is 1.33. The van der Waals surface area contributed by atoms with E-state index in [4.69, 9.17) is 14.5 Å². The highest BCUT2D eigenvalue weighted by Gasteiger charge is 2.44. The Labute approximate surface area is 165 Å². The molecule has 146 valence electrons. The lowest BCUT2D eigenvalue weighted by molar-refractivity contribution is -0.124.